The van der Waals surface area contributed by atoms with Crippen molar-refractivity contribution in [3.63, 3.8) is 0 Å². The number of ether oxygens (including phenoxy) is 2. The Morgan fingerprint density at radius 1 is 1.12 bits per heavy atom. The Morgan fingerprint density at radius 2 is 1.96 bits per heavy atom. The zero-order valence-corrected chi connectivity index (χ0v) is 14.8. The van der Waals surface area contributed by atoms with Crippen molar-refractivity contribution in [3.05, 3.63) is 47.4 Å². The minimum absolute atomic E-state index is 0.241. The molecule has 1 saturated carbocycles. The largest absolute Gasteiger partial charge is 0.490 e. The molecule has 6 heteroatoms. The molecule has 0 spiro atoms. The molecule has 2 fully saturated rings. The van der Waals surface area contributed by atoms with Crippen LogP contribution < -0.4 is 10.1 Å². The van der Waals surface area contributed by atoms with Gasteiger partial charge in [0.25, 0.3) is 0 Å². The summed E-state index contributed by atoms with van der Waals surface area (Å²) in [6.45, 7) is 1.64. The topological polar surface area (TPSA) is 56.3 Å². The van der Waals surface area contributed by atoms with Crippen LogP contribution in [0.5, 0.6) is 5.75 Å². The summed E-state index contributed by atoms with van der Waals surface area (Å²) in [6, 6.07) is 6.14. The molecule has 0 atom stereocenters. The predicted molar refractivity (Wildman–Crippen MR) is 97.3 cm³/mol. The number of rotatable bonds is 5. The number of anilines is 1. The molecule has 25 heavy (non-hydrogen) atoms. The summed E-state index contributed by atoms with van der Waals surface area (Å²) in [7, 11) is 0. The average molecular weight is 360 g/mol. The highest BCUT2D eigenvalue weighted by atomic mass is 35.5. The van der Waals surface area contributed by atoms with Gasteiger partial charge >= 0.3 is 0 Å². The summed E-state index contributed by atoms with van der Waals surface area (Å²) in [4.78, 5) is 8.58. The van der Waals surface area contributed by atoms with Crippen molar-refractivity contribution in [2.75, 3.05) is 18.5 Å². The van der Waals surface area contributed by atoms with Crippen LogP contribution in [0.2, 0.25) is 5.02 Å². The molecule has 0 aromatic carbocycles. The Hall–Kier alpha value is -1.85. The Morgan fingerprint density at radius 3 is 2.72 bits per heavy atom. The van der Waals surface area contributed by atoms with Crippen LogP contribution in [0.1, 0.15) is 37.2 Å². The molecule has 0 bridgehead atoms. The van der Waals surface area contributed by atoms with Gasteiger partial charge in [-0.1, -0.05) is 11.6 Å². The fourth-order valence-corrected chi connectivity index (χ4v) is 3.56. The first kappa shape index (κ1) is 16.6. The molecule has 0 unspecified atom stereocenters. The summed E-state index contributed by atoms with van der Waals surface area (Å²) in [5, 5.41) is 4.07. The van der Waals surface area contributed by atoms with Gasteiger partial charge in [0, 0.05) is 56.3 Å². The number of nitrogens with zero attached hydrogens (tertiary/aromatic N) is 2. The SMILES string of the molecule is Clc1ccc(N[C@H]2C[C@H](Oc3ccncc3C3CCOCC3)C2)nc1. The highest BCUT2D eigenvalue weighted by molar-refractivity contribution is 6.30. The van der Waals surface area contributed by atoms with Crippen molar-refractivity contribution in [2.24, 2.45) is 0 Å². The molecular formula is C19H22ClN3O2. The lowest BCUT2D eigenvalue weighted by Crippen LogP contribution is -2.42. The number of hydrogen-bond donors (Lipinski definition) is 1. The lowest BCUT2D eigenvalue weighted by molar-refractivity contribution is 0.0806. The van der Waals surface area contributed by atoms with E-state index in [2.05, 4.69) is 15.3 Å². The van der Waals surface area contributed by atoms with E-state index in [1.54, 1.807) is 6.20 Å². The molecular weight excluding hydrogens is 338 g/mol. The minimum Gasteiger partial charge on any atom is -0.490 e. The molecule has 1 aliphatic carbocycles. The maximum atomic E-state index is 6.26. The number of nitrogens with one attached hydrogen (secondary N) is 1. The van der Waals surface area contributed by atoms with Crippen LogP contribution in [0, 0.1) is 0 Å². The van der Waals surface area contributed by atoms with Crippen LogP contribution in [0.3, 0.4) is 0 Å². The second-order valence-corrected chi connectivity index (χ2v) is 7.15. The Bertz CT molecular complexity index is 698. The molecule has 1 aliphatic heterocycles. The van der Waals surface area contributed by atoms with Gasteiger partial charge in [0.1, 0.15) is 17.7 Å². The standard InChI is InChI=1S/C19H22ClN3O2/c20-14-1-2-19(22-11-14)23-15-9-16(10-15)25-18-3-6-21-12-17(18)13-4-7-24-8-5-13/h1-3,6,11-13,15-16H,4-5,7-10H2,(H,22,23)/t15-,16-. The molecule has 132 valence electrons. The van der Waals surface area contributed by atoms with E-state index >= 15 is 0 Å². The van der Waals surface area contributed by atoms with Gasteiger partial charge in [0.2, 0.25) is 0 Å². The molecule has 1 saturated heterocycles. The predicted octanol–water partition coefficient (Wildman–Crippen LogP) is 4.05. The van der Waals surface area contributed by atoms with Gasteiger partial charge in [-0.2, -0.15) is 0 Å². The first-order valence-corrected chi connectivity index (χ1v) is 9.22. The molecule has 1 N–H and O–H groups in total. The van der Waals surface area contributed by atoms with Gasteiger partial charge in [0.15, 0.2) is 0 Å². The summed E-state index contributed by atoms with van der Waals surface area (Å²) >= 11 is 5.87. The fourth-order valence-electron chi connectivity index (χ4n) is 3.45. The van der Waals surface area contributed by atoms with E-state index in [1.165, 1.54) is 5.56 Å². The van der Waals surface area contributed by atoms with E-state index in [4.69, 9.17) is 21.1 Å². The van der Waals surface area contributed by atoms with Gasteiger partial charge in [0.05, 0.1) is 5.02 Å². The second kappa shape index (κ2) is 7.58. The molecule has 2 aromatic heterocycles. The van der Waals surface area contributed by atoms with Gasteiger partial charge < -0.3 is 14.8 Å². The van der Waals surface area contributed by atoms with Crippen molar-refractivity contribution >= 4 is 17.4 Å². The molecule has 3 heterocycles. The maximum Gasteiger partial charge on any atom is 0.126 e. The Labute approximate surface area is 152 Å². The lowest BCUT2D eigenvalue weighted by atomic mass is 9.88. The van der Waals surface area contributed by atoms with Crippen molar-refractivity contribution in [2.45, 2.75) is 43.7 Å². The quantitative estimate of drug-likeness (QED) is 0.872. The average Bonchev–Trinajstić information content (AvgIpc) is 2.63. The van der Waals surface area contributed by atoms with Crippen LogP contribution in [-0.2, 0) is 4.74 Å². The third-order valence-electron chi connectivity index (χ3n) is 4.94. The first-order valence-electron chi connectivity index (χ1n) is 8.84. The monoisotopic (exact) mass is 359 g/mol. The van der Waals surface area contributed by atoms with E-state index in [1.807, 2.05) is 30.6 Å². The molecule has 4 rings (SSSR count). The highest BCUT2D eigenvalue weighted by Crippen LogP contribution is 2.36. The lowest BCUT2D eigenvalue weighted by Gasteiger charge is -2.37. The van der Waals surface area contributed by atoms with Crippen LogP contribution in [0.15, 0.2) is 36.8 Å². The third-order valence-corrected chi connectivity index (χ3v) is 5.16. The Balaban J connectivity index is 1.33. The second-order valence-electron chi connectivity index (χ2n) is 6.71. The van der Waals surface area contributed by atoms with Crippen LogP contribution in [0.25, 0.3) is 0 Å². The van der Waals surface area contributed by atoms with Crippen molar-refractivity contribution in [3.8, 4) is 5.75 Å². The van der Waals surface area contributed by atoms with Crippen LogP contribution >= 0.6 is 11.6 Å². The molecule has 0 amide bonds. The summed E-state index contributed by atoms with van der Waals surface area (Å²) < 4.78 is 11.7. The van der Waals surface area contributed by atoms with Gasteiger partial charge in [-0.3, -0.25) is 4.98 Å². The first-order chi connectivity index (χ1) is 12.3. The molecule has 5 nitrogen and oxygen atoms in total. The zero-order valence-electron chi connectivity index (χ0n) is 14.0. The Kier molecular flexibility index (Phi) is 5.04. The van der Waals surface area contributed by atoms with Crippen molar-refractivity contribution in [1.29, 1.82) is 0 Å². The number of aromatic nitrogens is 2. The van der Waals surface area contributed by atoms with Crippen molar-refractivity contribution in [1.82, 2.24) is 9.97 Å². The van der Waals surface area contributed by atoms with E-state index in [0.717, 1.165) is 50.5 Å². The van der Waals surface area contributed by atoms with Crippen molar-refractivity contribution < 1.29 is 9.47 Å². The van der Waals surface area contributed by atoms with E-state index < -0.39 is 0 Å². The fraction of sp³-hybridized carbons (Fsp3) is 0.474. The summed E-state index contributed by atoms with van der Waals surface area (Å²) in [6.07, 6.45) is 9.69. The van der Waals surface area contributed by atoms with Gasteiger partial charge in [-0.05, 0) is 37.0 Å². The zero-order chi connectivity index (χ0) is 17.1. The van der Waals surface area contributed by atoms with Gasteiger partial charge in [-0.25, -0.2) is 4.98 Å². The number of hydrogen-bond acceptors (Lipinski definition) is 5. The highest BCUT2D eigenvalue weighted by Gasteiger charge is 2.32. The van der Waals surface area contributed by atoms with E-state index in [9.17, 15) is 0 Å². The maximum absolute atomic E-state index is 6.26. The van der Waals surface area contributed by atoms with Gasteiger partial charge in [-0.15, -0.1) is 0 Å². The van der Waals surface area contributed by atoms with Crippen LogP contribution in [0.4, 0.5) is 5.82 Å². The number of pyridine rings is 2. The number of halogens is 1. The molecule has 2 aliphatic rings. The normalized spacial score (nSPS) is 23.7. The third kappa shape index (κ3) is 4.05. The summed E-state index contributed by atoms with van der Waals surface area (Å²) in [5.41, 5.74) is 1.22. The minimum atomic E-state index is 0.241. The summed E-state index contributed by atoms with van der Waals surface area (Å²) in [5.74, 6) is 2.33. The molecule has 2 aromatic rings. The van der Waals surface area contributed by atoms with Crippen LogP contribution in [-0.4, -0.2) is 35.3 Å². The smallest absolute Gasteiger partial charge is 0.126 e. The van der Waals surface area contributed by atoms with E-state index in [-0.39, 0.29) is 6.10 Å². The molecule has 0 radical (unpaired) electrons. The van der Waals surface area contributed by atoms with E-state index in [0.29, 0.717) is 17.0 Å².